The van der Waals surface area contributed by atoms with Gasteiger partial charge in [0.25, 0.3) is 0 Å². The SMILES string of the molecule is O=C(CC1(CC(=O)N2CCOCC2)CCCC1)N[C@H]1CCOc2ccccc21. The van der Waals surface area contributed by atoms with E-state index in [1.807, 2.05) is 29.2 Å². The van der Waals surface area contributed by atoms with Gasteiger partial charge in [-0.3, -0.25) is 9.59 Å². The molecule has 1 atom stereocenters. The molecule has 0 aromatic heterocycles. The molecule has 2 heterocycles. The molecule has 1 N–H and O–H groups in total. The lowest BCUT2D eigenvalue weighted by atomic mass is 9.78. The predicted molar refractivity (Wildman–Crippen MR) is 105 cm³/mol. The second-order valence-corrected chi connectivity index (χ2v) is 8.35. The Labute approximate surface area is 166 Å². The Bertz CT molecular complexity index is 708. The van der Waals surface area contributed by atoms with Gasteiger partial charge < -0.3 is 19.7 Å². The summed E-state index contributed by atoms with van der Waals surface area (Å²) < 4.78 is 11.1. The monoisotopic (exact) mass is 386 g/mol. The van der Waals surface area contributed by atoms with Crippen molar-refractivity contribution in [3.8, 4) is 5.75 Å². The fraction of sp³-hybridized carbons (Fsp3) is 0.636. The first kappa shape index (κ1) is 19.2. The average Bonchev–Trinajstić information content (AvgIpc) is 3.16. The van der Waals surface area contributed by atoms with Crippen LogP contribution in [0.5, 0.6) is 5.75 Å². The largest absolute Gasteiger partial charge is 0.493 e. The first-order chi connectivity index (χ1) is 13.7. The number of para-hydroxylation sites is 1. The smallest absolute Gasteiger partial charge is 0.223 e. The van der Waals surface area contributed by atoms with Crippen molar-refractivity contribution in [2.75, 3.05) is 32.9 Å². The van der Waals surface area contributed by atoms with E-state index in [0.717, 1.165) is 43.4 Å². The Morgan fingerprint density at radius 3 is 2.61 bits per heavy atom. The number of benzene rings is 1. The minimum Gasteiger partial charge on any atom is -0.493 e. The van der Waals surface area contributed by atoms with Crippen LogP contribution >= 0.6 is 0 Å². The topological polar surface area (TPSA) is 67.9 Å². The Hall–Kier alpha value is -2.08. The van der Waals surface area contributed by atoms with E-state index in [9.17, 15) is 9.59 Å². The van der Waals surface area contributed by atoms with Crippen LogP contribution in [0.3, 0.4) is 0 Å². The summed E-state index contributed by atoms with van der Waals surface area (Å²) in [5, 5.41) is 3.22. The predicted octanol–water partition coefficient (Wildman–Crippen LogP) is 2.83. The maximum absolute atomic E-state index is 12.9. The van der Waals surface area contributed by atoms with Crippen LogP contribution in [0.2, 0.25) is 0 Å². The van der Waals surface area contributed by atoms with Gasteiger partial charge in [-0.2, -0.15) is 0 Å². The van der Waals surface area contributed by atoms with E-state index in [4.69, 9.17) is 9.47 Å². The summed E-state index contributed by atoms with van der Waals surface area (Å²) in [5.41, 5.74) is 0.858. The lowest BCUT2D eigenvalue weighted by molar-refractivity contribution is -0.138. The van der Waals surface area contributed by atoms with E-state index in [2.05, 4.69) is 5.32 Å². The molecule has 4 rings (SSSR count). The van der Waals surface area contributed by atoms with Gasteiger partial charge in [-0.1, -0.05) is 31.0 Å². The highest BCUT2D eigenvalue weighted by atomic mass is 16.5. The minimum absolute atomic E-state index is 0.00847. The molecule has 1 aliphatic carbocycles. The van der Waals surface area contributed by atoms with Crippen LogP contribution in [0.15, 0.2) is 24.3 Å². The van der Waals surface area contributed by atoms with E-state index in [1.54, 1.807) is 0 Å². The molecule has 2 fully saturated rings. The molecule has 1 saturated heterocycles. The van der Waals surface area contributed by atoms with Crippen LogP contribution in [0, 0.1) is 5.41 Å². The van der Waals surface area contributed by atoms with Gasteiger partial charge >= 0.3 is 0 Å². The van der Waals surface area contributed by atoms with Crippen LogP contribution in [0.4, 0.5) is 0 Å². The van der Waals surface area contributed by atoms with E-state index in [1.165, 1.54) is 0 Å². The van der Waals surface area contributed by atoms with E-state index >= 15 is 0 Å². The van der Waals surface area contributed by atoms with Crippen molar-refractivity contribution in [1.82, 2.24) is 10.2 Å². The zero-order chi connectivity index (χ0) is 19.4. The van der Waals surface area contributed by atoms with E-state index < -0.39 is 0 Å². The van der Waals surface area contributed by atoms with Crippen molar-refractivity contribution in [2.45, 2.75) is 51.0 Å². The maximum Gasteiger partial charge on any atom is 0.223 e. The molecular weight excluding hydrogens is 356 g/mol. The van der Waals surface area contributed by atoms with Crippen LogP contribution in [-0.4, -0.2) is 49.6 Å². The van der Waals surface area contributed by atoms with Gasteiger partial charge in [-0.05, 0) is 24.3 Å². The molecule has 0 unspecified atom stereocenters. The van der Waals surface area contributed by atoms with Crippen LogP contribution in [0.1, 0.15) is 56.6 Å². The molecular formula is C22H30N2O4. The Morgan fingerprint density at radius 2 is 1.82 bits per heavy atom. The first-order valence-electron chi connectivity index (χ1n) is 10.5. The zero-order valence-corrected chi connectivity index (χ0v) is 16.5. The molecule has 3 aliphatic rings. The molecule has 152 valence electrons. The third kappa shape index (κ3) is 4.32. The van der Waals surface area contributed by atoms with Gasteiger partial charge in [0.05, 0.1) is 25.9 Å². The third-order valence-corrected chi connectivity index (χ3v) is 6.38. The van der Waals surface area contributed by atoms with Crippen molar-refractivity contribution in [1.29, 1.82) is 0 Å². The highest BCUT2D eigenvalue weighted by Crippen LogP contribution is 2.45. The number of nitrogens with one attached hydrogen (secondary N) is 1. The van der Waals surface area contributed by atoms with Gasteiger partial charge in [-0.25, -0.2) is 0 Å². The number of amides is 2. The number of rotatable bonds is 5. The number of fused-ring (bicyclic) bond motifs is 1. The van der Waals surface area contributed by atoms with Crippen molar-refractivity contribution in [2.24, 2.45) is 5.41 Å². The molecule has 0 radical (unpaired) electrons. The molecule has 2 aliphatic heterocycles. The number of nitrogens with zero attached hydrogens (tertiary/aromatic N) is 1. The summed E-state index contributed by atoms with van der Waals surface area (Å²) in [5.74, 6) is 1.09. The molecule has 0 spiro atoms. The van der Waals surface area contributed by atoms with Gasteiger partial charge in [0.15, 0.2) is 0 Å². The molecule has 6 nitrogen and oxygen atoms in total. The van der Waals surface area contributed by atoms with Gasteiger partial charge in [0, 0.05) is 37.9 Å². The minimum atomic E-state index is -0.190. The van der Waals surface area contributed by atoms with Crippen LogP contribution < -0.4 is 10.1 Å². The molecule has 28 heavy (non-hydrogen) atoms. The molecule has 1 aromatic carbocycles. The second kappa shape index (κ2) is 8.52. The average molecular weight is 386 g/mol. The van der Waals surface area contributed by atoms with Gasteiger partial charge in [0.1, 0.15) is 5.75 Å². The van der Waals surface area contributed by atoms with Crippen molar-refractivity contribution >= 4 is 11.8 Å². The summed E-state index contributed by atoms with van der Waals surface area (Å²) in [7, 11) is 0. The molecule has 1 saturated carbocycles. The quantitative estimate of drug-likeness (QED) is 0.845. The van der Waals surface area contributed by atoms with Crippen LogP contribution in [0.25, 0.3) is 0 Å². The summed E-state index contributed by atoms with van der Waals surface area (Å²) in [4.78, 5) is 27.7. The van der Waals surface area contributed by atoms with Gasteiger partial charge in [0.2, 0.25) is 11.8 Å². The number of ether oxygens (including phenoxy) is 2. The van der Waals surface area contributed by atoms with Crippen molar-refractivity contribution in [3.63, 3.8) is 0 Å². The lowest BCUT2D eigenvalue weighted by Gasteiger charge is -2.34. The summed E-state index contributed by atoms with van der Waals surface area (Å²) in [6.45, 7) is 3.17. The maximum atomic E-state index is 12.9. The number of carbonyl (C=O) groups is 2. The summed E-state index contributed by atoms with van der Waals surface area (Å²) in [6.07, 6.45) is 5.81. The first-order valence-corrected chi connectivity index (χ1v) is 10.5. The Kier molecular flexibility index (Phi) is 5.85. The molecule has 2 amide bonds. The van der Waals surface area contributed by atoms with E-state index in [-0.39, 0.29) is 23.3 Å². The number of carbonyl (C=O) groups excluding carboxylic acids is 2. The van der Waals surface area contributed by atoms with Crippen molar-refractivity contribution in [3.05, 3.63) is 29.8 Å². The third-order valence-electron chi connectivity index (χ3n) is 6.38. The normalized spacial score (nSPS) is 23.6. The van der Waals surface area contributed by atoms with E-state index in [0.29, 0.717) is 45.8 Å². The number of hydrogen-bond donors (Lipinski definition) is 1. The van der Waals surface area contributed by atoms with Crippen molar-refractivity contribution < 1.29 is 19.1 Å². The lowest BCUT2D eigenvalue weighted by Crippen LogP contribution is -2.43. The number of morpholine rings is 1. The second-order valence-electron chi connectivity index (χ2n) is 8.35. The summed E-state index contributed by atoms with van der Waals surface area (Å²) in [6, 6.07) is 7.89. The Morgan fingerprint density at radius 1 is 1.07 bits per heavy atom. The molecule has 0 bridgehead atoms. The van der Waals surface area contributed by atoms with Crippen LogP contribution in [-0.2, 0) is 14.3 Å². The fourth-order valence-corrected chi connectivity index (χ4v) is 4.86. The highest BCUT2D eigenvalue weighted by Gasteiger charge is 2.39. The standard InChI is InChI=1S/C22H30N2O4/c25-20(23-18-7-12-28-19-6-2-1-5-17(18)19)15-22(8-3-4-9-22)16-21(26)24-10-13-27-14-11-24/h1-2,5-6,18H,3-4,7-16H2,(H,23,25)/t18-/m0/s1. The molecule has 1 aromatic rings. The fourth-order valence-electron chi connectivity index (χ4n) is 4.86. The highest BCUT2D eigenvalue weighted by molar-refractivity contribution is 5.81. The zero-order valence-electron chi connectivity index (χ0n) is 16.5. The number of hydrogen-bond acceptors (Lipinski definition) is 4. The Balaban J connectivity index is 1.39. The molecule has 6 heteroatoms. The van der Waals surface area contributed by atoms with Gasteiger partial charge in [-0.15, -0.1) is 0 Å². The summed E-state index contributed by atoms with van der Waals surface area (Å²) >= 11 is 0.